The fourth-order valence-electron chi connectivity index (χ4n) is 1.95. The van der Waals surface area contributed by atoms with Crippen molar-refractivity contribution in [1.29, 1.82) is 0 Å². The maximum absolute atomic E-state index is 12.1. The Morgan fingerprint density at radius 3 is 2.41 bits per heavy atom. The molecule has 0 bridgehead atoms. The highest BCUT2D eigenvalue weighted by molar-refractivity contribution is 6.08. The van der Waals surface area contributed by atoms with Crippen molar-refractivity contribution in [3.05, 3.63) is 59.7 Å². The van der Waals surface area contributed by atoms with Crippen LogP contribution in [0.25, 0.3) is 6.08 Å². The van der Waals surface area contributed by atoms with Gasteiger partial charge in [-0.3, -0.25) is 4.79 Å². The topological polar surface area (TPSA) is 55.8 Å². The second kappa shape index (κ2) is 7.31. The third kappa shape index (κ3) is 3.88. The minimum Gasteiger partial charge on any atom is -0.507 e. The van der Waals surface area contributed by atoms with E-state index in [-0.39, 0.29) is 17.1 Å². The molecule has 0 aliphatic carbocycles. The van der Waals surface area contributed by atoms with Gasteiger partial charge in [-0.15, -0.1) is 0 Å². The van der Waals surface area contributed by atoms with Crippen LogP contribution < -0.4 is 9.47 Å². The van der Waals surface area contributed by atoms with E-state index in [4.69, 9.17) is 9.47 Å². The van der Waals surface area contributed by atoms with Gasteiger partial charge in [0.15, 0.2) is 5.78 Å². The van der Waals surface area contributed by atoms with Gasteiger partial charge >= 0.3 is 0 Å². The average molecular weight is 298 g/mol. The maximum Gasteiger partial charge on any atom is 0.189 e. The third-order valence-electron chi connectivity index (χ3n) is 3.09. The molecule has 0 aliphatic heterocycles. The number of hydrogen-bond acceptors (Lipinski definition) is 4. The van der Waals surface area contributed by atoms with Gasteiger partial charge < -0.3 is 14.6 Å². The molecule has 2 rings (SSSR count). The van der Waals surface area contributed by atoms with Crippen molar-refractivity contribution in [3.8, 4) is 17.2 Å². The van der Waals surface area contributed by atoms with Gasteiger partial charge in [0.05, 0.1) is 19.3 Å². The summed E-state index contributed by atoms with van der Waals surface area (Å²) in [6.45, 7) is 2.54. The number of ketones is 1. The molecular weight excluding hydrogens is 280 g/mol. The van der Waals surface area contributed by atoms with Crippen LogP contribution in [0, 0.1) is 0 Å². The van der Waals surface area contributed by atoms with Gasteiger partial charge in [0.1, 0.15) is 17.2 Å². The highest BCUT2D eigenvalue weighted by atomic mass is 16.5. The lowest BCUT2D eigenvalue weighted by Gasteiger charge is -2.04. The molecule has 0 spiro atoms. The summed E-state index contributed by atoms with van der Waals surface area (Å²) < 4.78 is 10.3. The normalized spacial score (nSPS) is 10.6. The quantitative estimate of drug-likeness (QED) is 0.652. The van der Waals surface area contributed by atoms with Crippen LogP contribution in [0.4, 0.5) is 0 Å². The highest BCUT2D eigenvalue weighted by Gasteiger charge is 2.09. The molecule has 0 unspecified atom stereocenters. The standard InChI is InChI=1S/C18H18O4/c1-3-22-14-7-4-13(5-8-14)6-11-17(19)16-10-9-15(21-2)12-18(16)20/h4-12,20H,3H2,1-2H3/b11-6+. The van der Waals surface area contributed by atoms with Crippen LogP contribution in [0.2, 0.25) is 0 Å². The van der Waals surface area contributed by atoms with E-state index < -0.39 is 0 Å². The van der Waals surface area contributed by atoms with Gasteiger partial charge in [-0.05, 0) is 42.8 Å². The number of phenolic OH excluding ortho intramolecular Hbond substituents is 1. The zero-order chi connectivity index (χ0) is 15.9. The predicted octanol–water partition coefficient (Wildman–Crippen LogP) is 3.70. The summed E-state index contributed by atoms with van der Waals surface area (Å²) in [5, 5.41) is 9.83. The van der Waals surface area contributed by atoms with Crippen molar-refractivity contribution in [3.63, 3.8) is 0 Å². The highest BCUT2D eigenvalue weighted by Crippen LogP contribution is 2.24. The molecule has 4 heteroatoms. The first-order valence-corrected chi connectivity index (χ1v) is 6.96. The number of phenols is 1. The van der Waals surface area contributed by atoms with E-state index >= 15 is 0 Å². The summed E-state index contributed by atoms with van der Waals surface area (Å²) in [6.07, 6.45) is 3.12. The SMILES string of the molecule is CCOc1ccc(/C=C/C(=O)c2ccc(OC)cc2O)cc1. The number of carbonyl (C=O) groups is 1. The van der Waals surface area contributed by atoms with Crippen LogP contribution in [-0.4, -0.2) is 24.6 Å². The molecule has 0 radical (unpaired) electrons. The van der Waals surface area contributed by atoms with E-state index in [0.717, 1.165) is 11.3 Å². The van der Waals surface area contributed by atoms with Gasteiger partial charge in [0.2, 0.25) is 0 Å². The van der Waals surface area contributed by atoms with Crippen LogP contribution in [0.15, 0.2) is 48.5 Å². The minimum atomic E-state index is -0.269. The van der Waals surface area contributed by atoms with Gasteiger partial charge in [0, 0.05) is 6.07 Å². The Hall–Kier alpha value is -2.75. The molecule has 0 saturated heterocycles. The molecule has 0 saturated carbocycles. The smallest absolute Gasteiger partial charge is 0.189 e. The summed E-state index contributed by atoms with van der Waals surface area (Å²) in [4.78, 5) is 12.1. The fraction of sp³-hybridized carbons (Fsp3) is 0.167. The van der Waals surface area contributed by atoms with Crippen molar-refractivity contribution in [2.24, 2.45) is 0 Å². The number of benzene rings is 2. The fourth-order valence-corrected chi connectivity index (χ4v) is 1.95. The van der Waals surface area contributed by atoms with Crippen LogP contribution >= 0.6 is 0 Å². The number of ether oxygens (including phenoxy) is 2. The molecule has 1 N–H and O–H groups in total. The molecule has 114 valence electrons. The molecule has 0 heterocycles. The molecule has 0 amide bonds. The summed E-state index contributed by atoms with van der Waals surface area (Å²) >= 11 is 0. The van der Waals surface area contributed by atoms with E-state index in [9.17, 15) is 9.90 Å². The van der Waals surface area contributed by atoms with Crippen molar-refractivity contribution < 1.29 is 19.4 Å². The van der Waals surface area contributed by atoms with E-state index in [2.05, 4.69) is 0 Å². The minimum absolute atomic E-state index is 0.0966. The van der Waals surface area contributed by atoms with E-state index in [1.165, 1.54) is 19.3 Å². The van der Waals surface area contributed by atoms with Crippen LogP contribution in [0.3, 0.4) is 0 Å². The summed E-state index contributed by atoms with van der Waals surface area (Å²) in [5.41, 5.74) is 1.12. The van der Waals surface area contributed by atoms with Crippen molar-refractivity contribution in [1.82, 2.24) is 0 Å². The molecule has 0 atom stereocenters. The molecule has 0 aromatic heterocycles. The van der Waals surface area contributed by atoms with Crippen LogP contribution in [0.5, 0.6) is 17.2 Å². The Kier molecular flexibility index (Phi) is 5.20. The van der Waals surface area contributed by atoms with Gasteiger partial charge in [-0.2, -0.15) is 0 Å². The number of carbonyl (C=O) groups excluding carboxylic acids is 1. The summed E-state index contributed by atoms with van der Waals surface area (Å²) in [5.74, 6) is 0.929. The van der Waals surface area contributed by atoms with Gasteiger partial charge in [0.25, 0.3) is 0 Å². The largest absolute Gasteiger partial charge is 0.507 e. The number of hydrogen-bond donors (Lipinski definition) is 1. The average Bonchev–Trinajstić information content (AvgIpc) is 2.54. The summed E-state index contributed by atoms with van der Waals surface area (Å²) in [6, 6.07) is 12.0. The zero-order valence-corrected chi connectivity index (χ0v) is 12.6. The number of rotatable bonds is 6. The van der Waals surface area contributed by atoms with Crippen molar-refractivity contribution in [2.75, 3.05) is 13.7 Å². The lowest BCUT2D eigenvalue weighted by Crippen LogP contribution is -1.95. The van der Waals surface area contributed by atoms with Crippen molar-refractivity contribution >= 4 is 11.9 Å². The first-order chi connectivity index (χ1) is 10.6. The maximum atomic E-state index is 12.1. The lowest BCUT2D eigenvalue weighted by molar-refractivity contribution is 0.104. The molecule has 4 nitrogen and oxygen atoms in total. The first-order valence-electron chi connectivity index (χ1n) is 6.96. The van der Waals surface area contributed by atoms with Crippen molar-refractivity contribution in [2.45, 2.75) is 6.92 Å². The van der Waals surface area contributed by atoms with Crippen LogP contribution in [-0.2, 0) is 0 Å². The Morgan fingerprint density at radius 2 is 1.82 bits per heavy atom. The van der Waals surface area contributed by atoms with Gasteiger partial charge in [-0.25, -0.2) is 0 Å². The second-order valence-electron chi connectivity index (χ2n) is 4.58. The Morgan fingerprint density at radius 1 is 1.14 bits per heavy atom. The van der Waals surface area contributed by atoms with Crippen LogP contribution in [0.1, 0.15) is 22.8 Å². The Bertz CT molecular complexity index is 672. The third-order valence-corrected chi connectivity index (χ3v) is 3.09. The van der Waals surface area contributed by atoms with Gasteiger partial charge in [-0.1, -0.05) is 18.2 Å². The molecule has 2 aromatic carbocycles. The lowest BCUT2D eigenvalue weighted by atomic mass is 10.1. The zero-order valence-electron chi connectivity index (χ0n) is 12.6. The number of methoxy groups -OCH3 is 1. The molecular formula is C18H18O4. The van der Waals surface area contributed by atoms with E-state index in [1.54, 1.807) is 18.2 Å². The summed E-state index contributed by atoms with van der Waals surface area (Å²) in [7, 11) is 1.50. The number of allylic oxidation sites excluding steroid dienone is 1. The van der Waals surface area contributed by atoms with E-state index in [0.29, 0.717) is 12.4 Å². The van der Waals surface area contributed by atoms with E-state index in [1.807, 2.05) is 31.2 Å². The molecule has 2 aromatic rings. The number of aromatic hydroxyl groups is 1. The monoisotopic (exact) mass is 298 g/mol. The Balaban J connectivity index is 2.10. The molecule has 0 fully saturated rings. The predicted molar refractivity (Wildman–Crippen MR) is 85.6 cm³/mol. The Labute approximate surface area is 129 Å². The second-order valence-corrected chi connectivity index (χ2v) is 4.58. The molecule has 0 aliphatic rings. The molecule has 22 heavy (non-hydrogen) atoms. The first kappa shape index (κ1) is 15.6.